The van der Waals surface area contributed by atoms with Gasteiger partial charge in [-0.05, 0) is 65.3 Å². The van der Waals surface area contributed by atoms with Gasteiger partial charge in [-0.15, -0.1) is 0 Å². The lowest BCUT2D eigenvalue weighted by molar-refractivity contribution is 0.0950. The van der Waals surface area contributed by atoms with Crippen LogP contribution in [0, 0.1) is 17.4 Å². The summed E-state index contributed by atoms with van der Waals surface area (Å²) in [7, 11) is 0. The van der Waals surface area contributed by atoms with Gasteiger partial charge in [-0.25, -0.2) is 0 Å². The van der Waals surface area contributed by atoms with Gasteiger partial charge in [0.1, 0.15) is 0 Å². The Balaban J connectivity index is 2.13. The second kappa shape index (κ2) is 6.26. The highest BCUT2D eigenvalue weighted by molar-refractivity contribution is 14.1. The van der Waals surface area contributed by atoms with Crippen LogP contribution in [0.15, 0.2) is 36.4 Å². The molecule has 20 heavy (non-hydrogen) atoms. The number of halogens is 1. The fourth-order valence-electron chi connectivity index (χ4n) is 1.99. The number of benzene rings is 2. The molecule has 104 valence electrons. The Kier molecular flexibility index (Phi) is 4.65. The topological polar surface area (TPSA) is 55.1 Å². The Bertz CT molecular complexity index is 653. The molecule has 0 spiro atoms. The molecular weight excluding hydrogens is 363 g/mol. The van der Waals surface area contributed by atoms with Crippen LogP contribution in [0.25, 0.3) is 0 Å². The summed E-state index contributed by atoms with van der Waals surface area (Å²) in [4.78, 5) is 12.2. The maximum Gasteiger partial charge on any atom is 0.252 e. The number of rotatable bonds is 3. The number of nitrogens with one attached hydrogen (secondary N) is 1. The molecule has 0 saturated carbocycles. The van der Waals surface area contributed by atoms with Gasteiger partial charge in [-0.3, -0.25) is 4.79 Å². The molecule has 4 heteroatoms. The number of nitrogens with two attached hydrogens (primary N) is 1. The maximum absolute atomic E-state index is 12.2. The lowest BCUT2D eigenvalue weighted by atomic mass is 10.1. The molecule has 1 amide bonds. The molecule has 3 nitrogen and oxygen atoms in total. The summed E-state index contributed by atoms with van der Waals surface area (Å²) in [6, 6.07) is 11.5. The van der Waals surface area contributed by atoms with Gasteiger partial charge in [0.2, 0.25) is 0 Å². The van der Waals surface area contributed by atoms with Crippen LogP contribution in [-0.2, 0) is 6.54 Å². The molecule has 0 aliphatic carbocycles. The first kappa shape index (κ1) is 14.8. The van der Waals surface area contributed by atoms with Crippen molar-refractivity contribution in [3.63, 3.8) is 0 Å². The number of carbonyl (C=O) groups excluding carboxylic acids is 1. The minimum absolute atomic E-state index is 0.0556. The molecule has 0 fully saturated rings. The van der Waals surface area contributed by atoms with Gasteiger partial charge in [0.25, 0.3) is 5.91 Å². The normalized spacial score (nSPS) is 10.3. The molecule has 0 unspecified atom stereocenters. The third kappa shape index (κ3) is 3.12. The number of nitrogen functional groups attached to an aromatic ring is 1. The lowest BCUT2D eigenvalue weighted by Gasteiger charge is -2.11. The van der Waals surface area contributed by atoms with Crippen molar-refractivity contribution in [3.8, 4) is 0 Å². The zero-order valence-corrected chi connectivity index (χ0v) is 13.7. The first-order valence-electron chi connectivity index (χ1n) is 6.38. The van der Waals surface area contributed by atoms with Crippen LogP contribution in [0.5, 0.6) is 0 Å². The number of carbonyl (C=O) groups is 1. The van der Waals surface area contributed by atoms with Gasteiger partial charge in [0.05, 0.1) is 5.56 Å². The Labute approximate surface area is 132 Å². The summed E-state index contributed by atoms with van der Waals surface area (Å²) in [6.45, 7) is 4.45. The lowest BCUT2D eigenvalue weighted by Crippen LogP contribution is -2.24. The van der Waals surface area contributed by atoms with Crippen molar-refractivity contribution < 1.29 is 4.79 Å². The molecule has 0 bridgehead atoms. The average Bonchev–Trinajstić information content (AvgIpc) is 2.43. The van der Waals surface area contributed by atoms with Crippen LogP contribution in [0.3, 0.4) is 0 Å². The second-order valence-electron chi connectivity index (χ2n) is 4.75. The van der Waals surface area contributed by atoms with Gasteiger partial charge >= 0.3 is 0 Å². The van der Waals surface area contributed by atoms with Gasteiger partial charge in [0, 0.05) is 15.8 Å². The first-order valence-corrected chi connectivity index (χ1v) is 7.46. The van der Waals surface area contributed by atoms with Crippen LogP contribution < -0.4 is 11.1 Å². The van der Waals surface area contributed by atoms with Crippen LogP contribution >= 0.6 is 22.6 Å². The number of anilines is 1. The summed E-state index contributed by atoms with van der Waals surface area (Å²) < 4.78 is 0.992. The zero-order chi connectivity index (χ0) is 14.7. The molecular formula is C16H17IN2O. The van der Waals surface area contributed by atoms with Crippen LogP contribution in [0.1, 0.15) is 27.0 Å². The van der Waals surface area contributed by atoms with Crippen molar-refractivity contribution >= 4 is 34.2 Å². The van der Waals surface area contributed by atoms with E-state index in [1.54, 1.807) is 0 Å². The van der Waals surface area contributed by atoms with Crippen LogP contribution in [0.4, 0.5) is 5.69 Å². The van der Waals surface area contributed by atoms with Gasteiger partial charge < -0.3 is 11.1 Å². The number of hydrogen-bond donors (Lipinski definition) is 2. The van der Waals surface area contributed by atoms with E-state index in [2.05, 4.69) is 27.9 Å². The Morgan fingerprint density at radius 2 is 1.90 bits per heavy atom. The van der Waals surface area contributed by atoms with Gasteiger partial charge in [-0.1, -0.05) is 24.3 Å². The zero-order valence-electron chi connectivity index (χ0n) is 11.5. The van der Waals surface area contributed by atoms with E-state index < -0.39 is 0 Å². The minimum Gasteiger partial charge on any atom is -0.399 e. The summed E-state index contributed by atoms with van der Waals surface area (Å²) in [5.74, 6) is -0.0556. The van der Waals surface area contributed by atoms with E-state index in [1.807, 2.05) is 50.2 Å². The standard InChI is InChI=1S/C16H17IN2O/c1-10-5-3-7-13(15(10)17)16(20)19-9-12-6-4-8-14(18)11(12)2/h3-8H,9,18H2,1-2H3,(H,19,20). The summed E-state index contributed by atoms with van der Waals surface area (Å²) >= 11 is 2.21. The molecule has 0 heterocycles. The molecule has 2 rings (SSSR count). The third-order valence-electron chi connectivity index (χ3n) is 3.36. The van der Waals surface area contributed by atoms with Crippen molar-refractivity contribution in [2.75, 3.05) is 5.73 Å². The SMILES string of the molecule is Cc1cccc(C(=O)NCc2cccc(N)c2C)c1I. The molecule has 2 aromatic rings. The van der Waals surface area contributed by atoms with E-state index in [0.717, 1.165) is 25.9 Å². The number of aryl methyl sites for hydroxylation is 1. The predicted molar refractivity (Wildman–Crippen MR) is 90.7 cm³/mol. The van der Waals surface area contributed by atoms with E-state index in [-0.39, 0.29) is 5.91 Å². The molecule has 2 aromatic carbocycles. The van der Waals surface area contributed by atoms with Crippen molar-refractivity contribution in [3.05, 3.63) is 62.2 Å². The largest absolute Gasteiger partial charge is 0.399 e. The van der Waals surface area contributed by atoms with Gasteiger partial charge in [0.15, 0.2) is 0 Å². The first-order chi connectivity index (χ1) is 9.50. The second-order valence-corrected chi connectivity index (χ2v) is 5.83. The van der Waals surface area contributed by atoms with E-state index in [1.165, 1.54) is 0 Å². The molecule has 0 aromatic heterocycles. The average molecular weight is 380 g/mol. The fourth-order valence-corrected chi connectivity index (χ4v) is 2.59. The molecule has 0 aliphatic heterocycles. The highest BCUT2D eigenvalue weighted by atomic mass is 127. The molecule has 0 saturated heterocycles. The molecule has 0 atom stereocenters. The van der Waals surface area contributed by atoms with Crippen molar-refractivity contribution in [2.24, 2.45) is 0 Å². The summed E-state index contributed by atoms with van der Waals surface area (Å²) in [6.07, 6.45) is 0. The van der Waals surface area contributed by atoms with Crippen molar-refractivity contribution in [1.82, 2.24) is 5.32 Å². The van der Waals surface area contributed by atoms with E-state index in [9.17, 15) is 4.79 Å². The quantitative estimate of drug-likeness (QED) is 0.634. The smallest absolute Gasteiger partial charge is 0.252 e. The monoisotopic (exact) mass is 380 g/mol. The maximum atomic E-state index is 12.2. The van der Waals surface area contributed by atoms with E-state index in [0.29, 0.717) is 12.1 Å². The fraction of sp³-hybridized carbons (Fsp3) is 0.188. The Morgan fingerprint density at radius 1 is 1.20 bits per heavy atom. The van der Waals surface area contributed by atoms with Crippen LogP contribution in [0.2, 0.25) is 0 Å². The highest BCUT2D eigenvalue weighted by Gasteiger charge is 2.11. The van der Waals surface area contributed by atoms with Gasteiger partial charge in [-0.2, -0.15) is 0 Å². The summed E-state index contributed by atoms with van der Waals surface area (Å²) in [5.41, 5.74) is 10.5. The van der Waals surface area contributed by atoms with Crippen LogP contribution in [-0.4, -0.2) is 5.91 Å². The third-order valence-corrected chi connectivity index (χ3v) is 4.80. The Hall–Kier alpha value is -1.56. The molecule has 0 aliphatic rings. The summed E-state index contributed by atoms with van der Waals surface area (Å²) in [5, 5.41) is 2.95. The van der Waals surface area contributed by atoms with E-state index in [4.69, 9.17) is 5.73 Å². The molecule has 0 radical (unpaired) electrons. The molecule has 3 N–H and O–H groups in total. The van der Waals surface area contributed by atoms with E-state index >= 15 is 0 Å². The minimum atomic E-state index is -0.0556. The Morgan fingerprint density at radius 3 is 2.65 bits per heavy atom. The number of hydrogen-bond acceptors (Lipinski definition) is 2. The highest BCUT2D eigenvalue weighted by Crippen LogP contribution is 2.18. The predicted octanol–water partition coefficient (Wildman–Crippen LogP) is 3.42. The van der Waals surface area contributed by atoms with Crippen molar-refractivity contribution in [1.29, 1.82) is 0 Å². The van der Waals surface area contributed by atoms with Crippen molar-refractivity contribution in [2.45, 2.75) is 20.4 Å². The number of amides is 1.